The molecule has 1 aliphatic rings. The summed E-state index contributed by atoms with van der Waals surface area (Å²) < 4.78 is 42.5. The Morgan fingerprint density at radius 2 is 1.70 bits per heavy atom. The van der Waals surface area contributed by atoms with Gasteiger partial charge in [0.05, 0.1) is 28.9 Å². The van der Waals surface area contributed by atoms with Gasteiger partial charge in [0.15, 0.2) is 0 Å². The van der Waals surface area contributed by atoms with Crippen molar-refractivity contribution < 1.29 is 31.7 Å². The molecule has 0 spiro atoms. The number of nitrogens with zero attached hydrogens (tertiary/aromatic N) is 1. The van der Waals surface area contributed by atoms with Crippen LogP contribution in [0.25, 0.3) is 0 Å². The van der Waals surface area contributed by atoms with Crippen LogP contribution in [-0.4, -0.2) is 51.1 Å². The number of benzene rings is 3. The lowest BCUT2D eigenvalue weighted by molar-refractivity contribution is 0.0493. The van der Waals surface area contributed by atoms with Gasteiger partial charge >= 0.3 is 16.1 Å². The highest BCUT2D eigenvalue weighted by molar-refractivity contribution is 7.87. The summed E-state index contributed by atoms with van der Waals surface area (Å²) in [6.07, 6.45) is 3.27. The number of carbonyl (C=O) groups is 2. The SMILES string of the molecule is CCCCOC(=O)c1ccccc1S(=O)(=O)Oc1ccc(CN(CC2CCCO2)C(=O)c2ccccc2Cl)cc1. The molecule has 212 valence electrons. The molecule has 0 radical (unpaired) electrons. The molecule has 3 aromatic rings. The fraction of sp³-hybridized carbons (Fsp3) is 0.333. The monoisotopic (exact) mass is 585 g/mol. The number of amides is 1. The molecular weight excluding hydrogens is 554 g/mol. The van der Waals surface area contributed by atoms with Crippen molar-refractivity contribution in [2.45, 2.75) is 50.2 Å². The van der Waals surface area contributed by atoms with Crippen molar-refractivity contribution in [3.63, 3.8) is 0 Å². The largest absolute Gasteiger partial charge is 0.462 e. The van der Waals surface area contributed by atoms with Gasteiger partial charge in [0.25, 0.3) is 5.91 Å². The van der Waals surface area contributed by atoms with E-state index in [1.807, 2.05) is 6.92 Å². The van der Waals surface area contributed by atoms with Crippen LogP contribution in [0.15, 0.2) is 77.7 Å². The van der Waals surface area contributed by atoms with Gasteiger partial charge in [-0.3, -0.25) is 4.79 Å². The summed E-state index contributed by atoms with van der Waals surface area (Å²) in [5.74, 6) is -0.867. The molecule has 1 amide bonds. The standard InChI is InChI=1S/C30H32ClNO7S/c1-2-3-18-38-30(34)26-11-5-7-13-28(26)40(35,36)39-23-16-14-22(15-17-23)20-32(21-24-9-8-19-37-24)29(33)25-10-4-6-12-27(25)31/h4-7,10-17,24H,2-3,8-9,18-21H2,1H3. The van der Waals surface area contributed by atoms with Crippen molar-refractivity contribution >= 4 is 33.6 Å². The molecule has 1 saturated heterocycles. The van der Waals surface area contributed by atoms with E-state index in [9.17, 15) is 18.0 Å². The Balaban J connectivity index is 1.49. The van der Waals surface area contributed by atoms with E-state index in [0.717, 1.165) is 24.8 Å². The van der Waals surface area contributed by atoms with Crippen molar-refractivity contribution in [2.75, 3.05) is 19.8 Å². The van der Waals surface area contributed by atoms with E-state index in [-0.39, 0.29) is 41.4 Å². The highest BCUT2D eigenvalue weighted by atomic mass is 35.5. The molecule has 0 aromatic heterocycles. The molecule has 1 heterocycles. The Morgan fingerprint density at radius 3 is 2.38 bits per heavy atom. The number of carbonyl (C=O) groups excluding carboxylic acids is 2. The fourth-order valence-corrected chi connectivity index (χ4v) is 5.68. The third-order valence-electron chi connectivity index (χ3n) is 6.45. The van der Waals surface area contributed by atoms with Crippen LogP contribution < -0.4 is 4.18 Å². The van der Waals surface area contributed by atoms with Crippen LogP contribution in [0, 0.1) is 0 Å². The Hall–Kier alpha value is -3.40. The molecule has 10 heteroatoms. The number of ether oxygens (including phenoxy) is 2. The second-order valence-electron chi connectivity index (χ2n) is 9.47. The summed E-state index contributed by atoms with van der Waals surface area (Å²) >= 11 is 6.30. The average molecular weight is 586 g/mol. The number of unbranched alkanes of at least 4 members (excludes halogenated alkanes) is 1. The van der Waals surface area contributed by atoms with Gasteiger partial charge in [-0.25, -0.2) is 4.79 Å². The van der Waals surface area contributed by atoms with Crippen LogP contribution in [0.4, 0.5) is 0 Å². The van der Waals surface area contributed by atoms with E-state index in [4.69, 9.17) is 25.3 Å². The molecule has 1 unspecified atom stereocenters. The summed E-state index contributed by atoms with van der Waals surface area (Å²) in [4.78, 5) is 27.3. The van der Waals surface area contributed by atoms with E-state index < -0.39 is 16.1 Å². The van der Waals surface area contributed by atoms with Crippen molar-refractivity contribution in [1.29, 1.82) is 0 Å². The molecule has 4 rings (SSSR count). The Bertz CT molecular complexity index is 1420. The van der Waals surface area contributed by atoms with E-state index in [0.29, 0.717) is 30.2 Å². The minimum absolute atomic E-state index is 0.0621. The van der Waals surface area contributed by atoms with Gasteiger partial charge in [0.1, 0.15) is 10.6 Å². The first kappa shape index (κ1) is 29.6. The molecular formula is C30H32ClNO7S. The van der Waals surface area contributed by atoms with E-state index in [2.05, 4.69) is 0 Å². The molecule has 1 atom stereocenters. The summed E-state index contributed by atoms with van der Waals surface area (Å²) in [5.41, 5.74) is 1.08. The third kappa shape index (κ3) is 7.62. The van der Waals surface area contributed by atoms with Crippen LogP contribution in [0.5, 0.6) is 5.75 Å². The van der Waals surface area contributed by atoms with Gasteiger partial charge in [-0.1, -0.05) is 61.3 Å². The van der Waals surface area contributed by atoms with Crippen LogP contribution in [0.3, 0.4) is 0 Å². The van der Waals surface area contributed by atoms with Gasteiger partial charge in [-0.2, -0.15) is 8.42 Å². The van der Waals surface area contributed by atoms with Crippen LogP contribution >= 0.6 is 11.6 Å². The number of halogens is 1. The molecule has 1 fully saturated rings. The molecule has 3 aromatic carbocycles. The predicted octanol–water partition coefficient (Wildman–Crippen LogP) is 5.89. The summed E-state index contributed by atoms with van der Waals surface area (Å²) in [7, 11) is -4.32. The molecule has 0 saturated carbocycles. The topological polar surface area (TPSA) is 99.2 Å². The van der Waals surface area contributed by atoms with Gasteiger partial charge in [-0.15, -0.1) is 0 Å². The van der Waals surface area contributed by atoms with E-state index >= 15 is 0 Å². The Morgan fingerprint density at radius 1 is 1.00 bits per heavy atom. The molecule has 0 N–H and O–H groups in total. The first-order valence-corrected chi connectivity index (χ1v) is 15.0. The van der Waals surface area contributed by atoms with E-state index in [1.165, 1.54) is 30.3 Å². The quantitative estimate of drug-likeness (QED) is 0.148. The number of rotatable bonds is 12. The van der Waals surface area contributed by atoms with Crippen molar-refractivity contribution in [3.8, 4) is 5.75 Å². The first-order valence-electron chi connectivity index (χ1n) is 13.2. The zero-order chi connectivity index (χ0) is 28.5. The van der Waals surface area contributed by atoms with Crippen LogP contribution in [0.2, 0.25) is 5.02 Å². The highest BCUT2D eigenvalue weighted by Crippen LogP contribution is 2.25. The number of hydrogen-bond acceptors (Lipinski definition) is 7. The second kappa shape index (κ2) is 13.8. The van der Waals surface area contributed by atoms with Crippen LogP contribution in [0.1, 0.15) is 58.9 Å². The van der Waals surface area contributed by atoms with E-state index in [1.54, 1.807) is 47.4 Å². The lowest BCUT2D eigenvalue weighted by Crippen LogP contribution is -2.37. The van der Waals surface area contributed by atoms with Gasteiger partial charge in [-0.05, 0) is 61.2 Å². The Labute approximate surface area is 239 Å². The molecule has 0 aliphatic carbocycles. The van der Waals surface area contributed by atoms with Crippen LogP contribution in [-0.2, 0) is 26.1 Å². The molecule has 1 aliphatic heterocycles. The van der Waals surface area contributed by atoms with Crippen molar-refractivity contribution in [3.05, 3.63) is 94.5 Å². The minimum Gasteiger partial charge on any atom is -0.462 e. The first-order chi connectivity index (χ1) is 19.3. The van der Waals surface area contributed by atoms with Crippen molar-refractivity contribution in [1.82, 2.24) is 4.90 Å². The zero-order valence-electron chi connectivity index (χ0n) is 22.3. The lowest BCUT2D eigenvalue weighted by atomic mass is 10.1. The predicted molar refractivity (Wildman–Crippen MR) is 151 cm³/mol. The average Bonchev–Trinajstić information content (AvgIpc) is 3.47. The minimum atomic E-state index is -4.32. The maximum absolute atomic E-state index is 13.4. The molecule has 40 heavy (non-hydrogen) atoms. The summed E-state index contributed by atoms with van der Waals surface area (Å²) in [5, 5.41) is 0.369. The van der Waals surface area contributed by atoms with Crippen molar-refractivity contribution in [2.24, 2.45) is 0 Å². The summed E-state index contributed by atoms with van der Waals surface area (Å²) in [6.45, 7) is 3.50. The summed E-state index contributed by atoms with van der Waals surface area (Å²) in [6, 6.07) is 19.1. The number of hydrogen-bond donors (Lipinski definition) is 0. The molecule has 0 bridgehead atoms. The fourth-order valence-electron chi connectivity index (χ4n) is 4.34. The highest BCUT2D eigenvalue weighted by Gasteiger charge is 2.26. The maximum Gasteiger partial charge on any atom is 0.340 e. The lowest BCUT2D eigenvalue weighted by Gasteiger charge is -2.26. The third-order valence-corrected chi connectivity index (χ3v) is 8.09. The van der Waals surface area contributed by atoms with Gasteiger partial charge in [0.2, 0.25) is 0 Å². The maximum atomic E-state index is 13.4. The Kier molecular flexibility index (Phi) is 10.2. The normalized spacial score (nSPS) is 15.0. The van der Waals surface area contributed by atoms with Gasteiger partial charge in [0, 0.05) is 19.7 Å². The van der Waals surface area contributed by atoms with Gasteiger partial charge < -0.3 is 18.6 Å². The second-order valence-corrected chi connectivity index (χ2v) is 11.4. The molecule has 8 nitrogen and oxygen atoms in total. The number of esters is 1. The smallest absolute Gasteiger partial charge is 0.340 e. The zero-order valence-corrected chi connectivity index (χ0v) is 23.8.